The van der Waals surface area contributed by atoms with Crippen LogP contribution in [0.15, 0.2) is 24.1 Å². The highest BCUT2D eigenvalue weighted by molar-refractivity contribution is 7.14. The van der Waals surface area contributed by atoms with Crippen LogP contribution >= 0.6 is 22.9 Å². The van der Waals surface area contributed by atoms with E-state index in [1.54, 1.807) is 11.3 Å². The fourth-order valence-corrected chi connectivity index (χ4v) is 1.68. The molecular weight excluding hydrogens is 178 g/mol. The number of halogens is 1. The van der Waals surface area contributed by atoms with E-state index in [1.807, 2.05) is 17.5 Å². The molecule has 1 heterocycles. The second-order valence-electron chi connectivity index (χ2n) is 2.14. The summed E-state index contributed by atoms with van der Waals surface area (Å²) in [5.74, 6) is 0. The third-order valence-corrected chi connectivity index (χ3v) is 2.55. The molecule has 0 aliphatic heterocycles. The lowest BCUT2D eigenvalue weighted by molar-refractivity contribution is 0.763. The molecule has 0 fully saturated rings. The average Bonchev–Trinajstić information content (AvgIpc) is 2.37. The standard InChI is InChI=1S/C8H10ClNS/c1-2-4-10-6-7-3-5-11-8(7)9/h2-3,5,10H,1,4,6H2. The maximum Gasteiger partial charge on any atom is 0.0973 e. The minimum absolute atomic E-state index is 0.826. The summed E-state index contributed by atoms with van der Waals surface area (Å²) in [6.07, 6.45) is 1.83. The first-order chi connectivity index (χ1) is 5.34. The zero-order chi connectivity index (χ0) is 8.10. The van der Waals surface area contributed by atoms with Gasteiger partial charge in [0.15, 0.2) is 0 Å². The Hall–Kier alpha value is -0.310. The molecule has 1 aromatic heterocycles. The van der Waals surface area contributed by atoms with Crippen LogP contribution in [0.5, 0.6) is 0 Å². The first-order valence-corrected chi connectivity index (χ1v) is 4.64. The molecular formula is C8H10ClNS. The van der Waals surface area contributed by atoms with Crippen molar-refractivity contribution in [3.63, 3.8) is 0 Å². The molecule has 1 N–H and O–H groups in total. The summed E-state index contributed by atoms with van der Waals surface area (Å²) >= 11 is 7.43. The summed E-state index contributed by atoms with van der Waals surface area (Å²) in [7, 11) is 0. The van der Waals surface area contributed by atoms with Gasteiger partial charge in [-0.15, -0.1) is 17.9 Å². The molecule has 0 aromatic carbocycles. The van der Waals surface area contributed by atoms with Crippen LogP contribution < -0.4 is 5.32 Å². The topological polar surface area (TPSA) is 12.0 Å². The Labute approximate surface area is 75.7 Å². The number of hydrogen-bond donors (Lipinski definition) is 1. The molecule has 0 radical (unpaired) electrons. The van der Waals surface area contributed by atoms with Gasteiger partial charge in [0.2, 0.25) is 0 Å². The monoisotopic (exact) mass is 187 g/mol. The number of rotatable bonds is 4. The number of hydrogen-bond acceptors (Lipinski definition) is 2. The van der Waals surface area contributed by atoms with Crippen molar-refractivity contribution in [1.29, 1.82) is 0 Å². The van der Waals surface area contributed by atoms with Gasteiger partial charge in [-0.1, -0.05) is 17.7 Å². The van der Waals surface area contributed by atoms with Crippen LogP contribution in [0.3, 0.4) is 0 Å². The first kappa shape index (κ1) is 8.78. The summed E-state index contributed by atoms with van der Waals surface area (Å²) in [5.41, 5.74) is 1.17. The van der Waals surface area contributed by atoms with Crippen LogP contribution in [0.2, 0.25) is 4.34 Å². The predicted molar refractivity (Wildman–Crippen MR) is 51.2 cm³/mol. The van der Waals surface area contributed by atoms with E-state index in [2.05, 4.69) is 11.9 Å². The number of thiophene rings is 1. The molecule has 3 heteroatoms. The van der Waals surface area contributed by atoms with Crippen LogP contribution in [0, 0.1) is 0 Å². The minimum atomic E-state index is 0.826. The van der Waals surface area contributed by atoms with Gasteiger partial charge in [-0.05, 0) is 17.0 Å². The molecule has 0 spiro atoms. The molecule has 0 amide bonds. The van der Waals surface area contributed by atoms with E-state index in [0.717, 1.165) is 17.4 Å². The smallest absolute Gasteiger partial charge is 0.0973 e. The molecule has 1 aromatic rings. The van der Waals surface area contributed by atoms with Crippen molar-refractivity contribution in [2.75, 3.05) is 6.54 Å². The van der Waals surface area contributed by atoms with E-state index in [0.29, 0.717) is 0 Å². The molecule has 0 unspecified atom stereocenters. The predicted octanol–water partition coefficient (Wildman–Crippen LogP) is 2.68. The third-order valence-electron chi connectivity index (χ3n) is 1.30. The van der Waals surface area contributed by atoms with Crippen molar-refractivity contribution in [3.8, 4) is 0 Å². The Balaban J connectivity index is 2.38. The van der Waals surface area contributed by atoms with E-state index in [4.69, 9.17) is 11.6 Å². The Morgan fingerprint density at radius 1 is 1.73 bits per heavy atom. The second-order valence-corrected chi connectivity index (χ2v) is 3.66. The van der Waals surface area contributed by atoms with Crippen LogP contribution in [0.1, 0.15) is 5.56 Å². The van der Waals surface area contributed by atoms with Crippen molar-refractivity contribution < 1.29 is 0 Å². The third kappa shape index (κ3) is 2.66. The van der Waals surface area contributed by atoms with Crippen LogP contribution in [0.25, 0.3) is 0 Å². The van der Waals surface area contributed by atoms with Gasteiger partial charge in [0.1, 0.15) is 0 Å². The van der Waals surface area contributed by atoms with Crippen molar-refractivity contribution in [2.24, 2.45) is 0 Å². The average molecular weight is 188 g/mol. The van der Waals surface area contributed by atoms with E-state index < -0.39 is 0 Å². The Kier molecular flexibility index (Phi) is 3.63. The molecule has 0 aliphatic rings. The van der Waals surface area contributed by atoms with E-state index >= 15 is 0 Å². The second kappa shape index (κ2) is 4.54. The van der Waals surface area contributed by atoms with Gasteiger partial charge >= 0.3 is 0 Å². The molecule has 0 saturated heterocycles. The van der Waals surface area contributed by atoms with Crippen LogP contribution in [-0.4, -0.2) is 6.54 Å². The molecule has 0 atom stereocenters. The Morgan fingerprint density at radius 2 is 2.55 bits per heavy atom. The highest BCUT2D eigenvalue weighted by Gasteiger charge is 1.98. The fourth-order valence-electron chi connectivity index (χ4n) is 0.754. The van der Waals surface area contributed by atoms with E-state index in [1.165, 1.54) is 5.56 Å². The molecule has 0 saturated carbocycles. The lowest BCUT2D eigenvalue weighted by Crippen LogP contribution is -2.11. The largest absolute Gasteiger partial charge is 0.309 e. The van der Waals surface area contributed by atoms with Gasteiger partial charge in [0.25, 0.3) is 0 Å². The van der Waals surface area contributed by atoms with Crippen molar-refractivity contribution >= 4 is 22.9 Å². The normalized spacial score (nSPS) is 9.91. The van der Waals surface area contributed by atoms with Gasteiger partial charge in [0.05, 0.1) is 4.34 Å². The van der Waals surface area contributed by atoms with Crippen LogP contribution in [0.4, 0.5) is 0 Å². The maximum absolute atomic E-state index is 5.87. The van der Waals surface area contributed by atoms with Crippen molar-refractivity contribution in [2.45, 2.75) is 6.54 Å². The summed E-state index contributed by atoms with van der Waals surface area (Å²) in [6, 6.07) is 2.03. The lowest BCUT2D eigenvalue weighted by atomic mass is 10.3. The summed E-state index contributed by atoms with van der Waals surface area (Å²) in [4.78, 5) is 0. The van der Waals surface area contributed by atoms with E-state index in [9.17, 15) is 0 Å². The first-order valence-electron chi connectivity index (χ1n) is 3.38. The number of nitrogens with one attached hydrogen (secondary N) is 1. The maximum atomic E-state index is 5.87. The van der Waals surface area contributed by atoms with Gasteiger partial charge in [-0.25, -0.2) is 0 Å². The Morgan fingerprint density at radius 3 is 3.09 bits per heavy atom. The molecule has 60 valence electrons. The molecule has 1 rings (SSSR count). The summed E-state index contributed by atoms with van der Waals surface area (Å²) in [6.45, 7) is 5.26. The lowest BCUT2D eigenvalue weighted by Gasteiger charge is -1.98. The van der Waals surface area contributed by atoms with Gasteiger partial charge in [-0.3, -0.25) is 0 Å². The molecule has 0 bridgehead atoms. The van der Waals surface area contributed by atoms with E-state index in [-0.39, 0.29) is 0 Å². The van der Waals surface area contributed by atoms with Crippen molar-refractivity contribution in [3.05, 3.63) is 34.0 Å². The van der Waals surface area contributed by atoms with Gasteiger partial charge < -0.3 is 5.32 Å². The van der Waals surface area contributed by atoms with Gasteiger partial charge in [0, 0.05) is 13.1 Å². The zero-order valence-electron chi connectivity index (χ0n) is 6.14. The zero-order valence-corrected chi connectivity index (χ0v) is 7.71. The summed E-state index contributed by atoms with van der Waals surface area (Å²) < 4.78 is 0.876. The SMILES string of the molecule is C=CCNCc1ccsc1Cl. The highest BCUT2D eigenvalue weighted by atomic mass is 35.5. The molecule has 1 nitrogen and oxygen atoms in total. The minimum Gasteiger partial charge on any atom is -0.309 e. The van der Waals surface area contributed by atoms with Crippen LogP contribution in [-0.2, 0) is 6.54 Å². The van der Waals surface area contributed by atoms with Gasteiger partial charge in [-0.2, -0.15) is 0 Å². The fraction of sp³-hybridized carbons (Fsp3) is 0.250. The molecule has 11 heavy (non-hydrogen) atoms. The highest BCUT2D eigenvalue weighted by Crippen LogP contribution is 2.21. The Bertz CT molecular complexity index is 232. The summed E-state index contributed by atoms with van der Waals surface area (Å²) in [5, 5.41) is 5.18. The quantitative estimate of drug-likeness (QED) is 0.565. The molecule has 0 aliphatic carbocycles. The van der Waals surface area contributed by atoms with Crippen molar-refractivity contribution in [1.82, 2.24) is 5.32 Å².